The Balaban J connectivity index is 2.27. The summed E-state index contributed by atoms with van der Waals surface area (Å²) in [4.78, 5) is 6.60. The third-order valence-corrected chi connectivity index (χ3v) is 3.47. The van der Waals surface area contributed by atoms with Gasteiger partial charge in [-0.15, -0.1) is 0 Å². The quantitative estimate of drug-likeness (QED) is 0.780. The Labute approximate surface area is 91.1 Å². The normalized spacial score (nSPS) is 28.2. The van der Waals surface area contributed by atoms with E-state index in [2.05, 4.69) is 28.5 Å². The molecular formula is C11H20N4. The molecular weight excluding hydrogens is 188 g/mol. The molecule has 84 valence electrons. The molecule has 0 unspecified atom stereocenters. The van der Waals surface area contributed by atoms with Gasteiger partial charge < -0.3 is 10.3 Å². The third kappa shape index (κ3) is 1.92. The van der Waals surface area contributed by atoms with E-state index in [1.165, 1.54) is 18.5 Å². The lowest BCUT2D eigenvalue weighted by Crippen LogP contribution is -2.40. The van der Waals surface area contributed by atoms with E-state index < -0.39 is 0 Å². The Bertz CT molecular complexity index is 320. The number of aromatic nitrogens is 2. The molecule has 15 heavy (non-hydrogen) atoms. The predicted octanol–water partition coefficient (Wildman–Crippen LogP) is 0.762. The van der Waals surface area contributed by atoms with E-state index in [1.54, 1.807) is 0 Å². The lowest BCUT2D eigenvalue weighted by Gasteiger charge is -2.38. The molecule has 0 bridgehead atoms. The zero-order chi connectivity index (χ0) is 10.8. The van der Waals surface area contributed by atoms with Crippen molar-refractivity contribution in [2.45, 2.75) is 18.9 Å². The number of nitrogens with two attached hydrogens (primary N) is 1. The summed E-state index contributed by atoms with van der Waals surface area (Å²) in [5.74, 6) is 0.569. The first-order valence-corrected chi connectivity index (χ1v) is 5.60. The summed E-state index contributed by atoms with van der Waals surface area (Å²) in [6, 6.07) is 0.441. The maximum Gasteiger partial charge on any atom is 0.0946 e. The fourth-order valence-corrected chi connectivity index (χ4v) is 2.63. The van der Waals surface area contributed by atoms with E-state index in [0.717, 1.165) is 13.1 Å². The molecule has 0 aromatic carbocycles. The Kier molecular flexibility index (Phi) is 3.07. The number of nitrogens with zero attached hydrogens (tertiary/aromatic N) is 3. The Morgan fingerprint density at radius 3 is 2.93 bits per heavy atom. The van der Waals surface area contributed by atoms with Crippen LogP contribution in [0, 0.1) is 5.92 Å². The number of rotatable bonds is 2. The maximum absolute atomic E-state index is 5.86. The fourth-order valence-electron chi connectivity index (χ4n) is 2.63. The molecule has 0 amide bonds. The van der Waals surface area contributed by atoms with Gasteiger partial charge in [-0.3, -0.25) is 4.90 Å². The predicted molar refractivity (Wildman–Crippen MR) is 60.4 cm³/mol. The van der Waals surface area contributed by atoms with Crippen LogP contribution >= 0.6 is 0 Å². The summed E-state index contributed by atoms with van der Waals surface area (Å²) in [6.07, 6.45) is 6.32. The highest BCUT2D eigenvalue weighted by atomic mass is 15.2. The topological polar surface area (TPSA) is 47.1 Å². The molecule has 0 saturated carbocycles. The Morgan fingerprint density at radius 2 is 2.33 bits per heavy atom. The van der Waals surface area contributed by atoms with Gasteiger partial charge in [-0.05, 0) is 38.9 Å². The summed E-state index contributed by atoms with van der Waals surface area (Å²) in [5.41, 5.74) is 7.14. The van der Waals surface area contributed by atoms with Crippen molar-refractivity contribution in [3.63, 3.8) is 0 Å². The van der Waals surface area contributed by atoms with Crippen molar-refractivity contribution >= 4 is 0 Å². The molecule has 1 aliphatic rings. The van der Waals surface area contributed by atoms with Crippen LogP contribution in [0.2, 0.25) is 0 Å². The van der Waals surface area contributed by atoms with Crippen molar-refractivity contribution in [2.24, 2.45) is 18.7 Å². The molecule has 0 spiro atoms. The first-order valence-electron chi connectivity index (χ1n) is 5.60. The van der Waals surface area contributed by atoms with Crippen molar-refractivity contribution in [2.75, 3.05) is 20.1 Å². The number of aryl methyl sites for hydroxylation is 1. The van der Waals surface area contributed by atoms with Gasteiger partial charge in [-0.25, -0.2) is 4.98 Å². The second-order valence-electron chi connectivity index (χ2n) is 4.49. The largest absolute Gasteiger partial charge is 0.336 e. The van der Waals surface area contributed by atoms with Gasteiger partial charge in [0.25, 0.3) is 0 Å². The Hall–Kier alpha value is -0.870. The molecule has 1 saturated heterocycles. The molecule has 1 fully saturated rings. The van der Waals surface area contributed by atoms with Crippen LogP contribution in [0.15, 0.2) is 12.5 Å². The van der Waals surface area contributed by atoms with E-state index in [1.807, 2.05) is 12.5 Å². The van der Waals surface area contributed by atoms with Crippen LogP contribution in [-0.2, 0) is 7.05 Å². The van der Waals surface area contributed by atoms with Crippen LogP contribution in [0.25, 0.3) is 0 Å². The first kappa shape index (κ1) is 10.6. The summed E-state index contributed by atoms with van der Waals surface area (Å²) < 4.78 is 2.11. The van der Waals surface area contributed by atoms with E-state index in [-0.39, 0.29) is 0 Å². The summed E-state index contributed by atoms with van der Waals surface area (Å²) >= 11 is 0. The van der Waals surface area contributed by atoms with Crippen molar-refractivity contribution in [1.82, 2.24) is 14.5 Å². The molecule has 2 atom stereocenters. The molecule has 0 radical (unpaired) electrons. The second kappa shape index (κ2) is 4.33. The molecule has 1 aromatic heterocycles. The number of hydrogen-bond acceptors (Lipinski definition) is 3. The van der Waals surface area contributed by atoms with Crippen molar-refractivity contribution in [3.05, 3.63) is 18.2 Å². The monoisotopic (exact) mass is 208 g/mol. The molecule has 2 heterocycles. The van der Waals surface area contributed by atoms with Gasteiger partial charge in [0.05, 0.1) is 18.1 Å². The SMILES string of the molecule is CN1CCC[C@H](CN)[C@H]1c1cncn1C. The lowest BCUT2D eigenvalue weighted by atomic mass is 9.87. The van der Waals surface area contributed by atoms with Crippen LogP contribution in [0.4, 0.5) is 0 Å². The van der Waals surface area contributed by atoms with Gasteiger partial charge in [-0.2, -0.15) is 0 Å². The molecule has 1 aliphatic heterocycles. The van der Waals surface area contributed by atoms with Gasteiger partial charge in [0.15, 0.2) is 0 Å². The first-order chi connectivity index (χ1) is 7.24. The average Bonchev–Trinajstić information content (AvgIpc) is 2.64. The van der Waals surface area contributed by atoms with Crippen LogP contribution in [0.5, 0.6) is 0 Å². The highest BCUT2D eigenvalue weighted by Gasteiger charge is 2.31. The van der Waals surface area contributed by atoms with Crippen LogP contribution in [0.1, 0.15) is 24.6 Å². The third-order valence-electron chi connectivity index (χ3n) is 3.47. The van der Waals surface area contributed by atoms with E-state index >= 15 is 0 Å². The maximum atomic E-state index is 5.86. The second-order valence-corrected chi connectivity index (χ2v) is 4.49. The van der Waals surface area contributed by atoms with Crippen molar-refractivity contribution < 1.29 is 0 Å². The number of imidazole rings is 1. The van der Waals surface area contributed by atoms with E-state index in [4.69, 9.17) is 5.73 Å². The lowest BCUT2D eigenvalue weighted by molar-refractivity contribution is 0.119. The van der Waals surface area contributed by atoms with Gasteiger partial charge >= 0.3 is 0 Å². The highest BCUT2D eigenvalue weighted by Crippen LogP contribution is 2.33. The van der Waals surface area contributed by atoms with E-state index in [9.17, 15) is 0 Å². The van der Waals surface area contributed by atoms with Gasteiger partial charge in [0, 0.05) is 13.2 Å². The number of hydrogen-bond donors (Lipinski definition) is 1. The molecule has 1 aromatic rings. The van der Waals surface area contributed by atoms with Crippen LogP contribution in [0.3, 0.4) is 0 Å². The van der Waals surface area contributed by atoms with Gasteiger partial charge in [0.1, 0.15) is 0 Å². The zero-order valence-electron chi connectivity index (χ0n) is 9.56. The van der Waals surface area contributed by atoms with Gasteiger partial charge in [-0.1, -0.05) is 0 Å². The van der Waals surface area contributed by atoms with Crippen molar-refractivity contribution in [3.8, 4) is 0 Å². The van der Waals surface area contributed by atoms with Crippen molar-refractivity contribution in [1.29, 1.82) is 0 Å². The highest BCUT2D eigenvalue weighted by molar-refractivity contribution is 5.08. The van der Waals surface area contributed by atoms with E-state index in [0.29, 0.717) is 12.0 Å². The smallest absolute Gasteiger partial charge is 0.0946 e. The standard InChI is InChI=1S/C11H20N4/c1-14-5-3-4-9(6-12)11(14)10-7-13-8-15(10)2/h7-9,11H,3-6,12H2,1-2H3/t9-,11+/m1/s1. The molecule has 0 aliphatic carbocycles. The van der Waals surface area contributed by atoms with Crippen LogP contribution < -0.4 is 5.73 Å². The summed E-state index contributed by atoms with van der Waals surface area (Å²) in [7, 11) is 4.23. The number of piperidine rings is 1. The van der Waals surface area contributed by atoms with Crippen LogP contribution in [-0.4, -0.2) is 34.6 Å². The average molecular weight is 208 g/mol. The Morgan fingerprint density at radius 1 is 1.53 bits per heavy atom. The minimum atomic E-state index is 0.441. The molecule has 4 nitrogen and oxygen atoms in total. The summed E-state index contributed by atoms with van der Waals surface area (Å²) in [5, 5.41) is 0. The molecule has 2 rings (SSSR count). The fraction of sp³-hybridized carbons (Fsp3) is 0.727. The van der Waals surface area contributed by atoms with Gasteiger partial charge in [0.2, 0.25) is 0 Å². The zero-order valence-corrected chi connectivity index (χ0v) is 9.56. The minimum absolute atomic E-state index is 0.441. The summed E-state index contributed by atoms with van der Waals surface area (Å²) in [6.45, 7) is 1.92. The molecule has 4 heteroatoms. The number of likely N-dealkylation sites (tertiary alicyclic amines) is 1. The molecule has 2 N–H and O–H groups in total. The minimum Gasteiger partial charge on any atom is -0.336 e.